The molecule has 0 N–H and O–H groups in total. The second kappa shape index (κ2) is 42.6. The van der Waals surface area contributed by atoms with Crippen LogP contribution in [0, 0.1) is 0 Å². The van der Waals surface area contributed by atoms with Crippen molar-refractivity contribution in [2.45, 2.75) is 7.43 Å². The Kier molecular flexibility index (Phi) is 625. The van der Waals surface area contributed by atoms with E-state index in [9.17, 15) is 0 Å². The number of halogens is 3. The third-order valence-electron chi connectivity index (χ3n) is 0. The Bertz CT molecular complexity index is 6.85. The van der Waals surface area contributed by atoms with E-state index in [1.165, 1.54) is 0 Å². The van der Waals surface area contributed by atoms with Crippen LogP contribution in [0.25, 0.3) is 0 Å². The van der Waals surface area contributed by atoms with Gasteiger partial charge in [0, 0.05) is 25.8 Å². The van der Waals surface area contributed by atoms with Crippen molar-refractivity contribution in [3.8, 4) is 0 Å². The summed E-state index contributed by atoms with van der Waals surface area (Å²) in [7, 11) is 0. The summed E-state index contributed by atoms with van der Waals surface area (Å²) in [6.07, 6.45) is 0. The molecule has 0 aliphatic rings. The van der Waals surface area contributed by atoms with Gasteiger partial charge in [0.05, 0.1) is 0 Å². The van der Waals surface area contributed by atoms with Gasteiger partial charge in [-0.2, -0.15) is 0 Å². The van der Waals surface area contributed by atoms with Gasteiger partial charge in [-0.1, -0.05) is 7.43 Å². The van der Waals surface area contributed by atoms with E-state index < -0.39 is 0 Å². The fourth-order valence-corrected chi connectivity index (χ4v) is 0. The molecule has 0 rings (SSSR count). The van der Waals surface area contributed by atoms with Crippen molar-refractivity contribution in [3.63, 3.8) is 0 Å². The molecule has 0 fully saturated rings. The molecule has 0 amide bonds. The summed E-state index contributed by atoms with van der Waals surface area (Å²) in [6.45, 7) is 0. The van der Waals surface area contributed by atoms with E-state index in [-0.39, 0.29) is 70.5 Å². The van der Waals surface area contributed by atoms with Crippen LogP contribution in [0.1, 0.15) is 7.43 Å². The molecule has 0 bridgehead atoms. The second-order valence-corrected chi connectivity index (χ2v) is 0. The molecule has 0 radical (unpaired) electrons. The molecule has 36 valence electrons. The molecule has 0 atom stereocenters. The molecule has 0 aliphatic carbocycles. The van der Waals surface area contributed by atoms with Crippen LogP contribution < -0.4 is 0 Å². The van der Waals surface area contributed by atoms with Gasteiger partial charge in [-0.15, -0.1) is 37.2 Å². The summed E-state index contributed by atoms with van der Waals surface area (Å²) in [6, 6.07) is 0. The van der Waals surface area contributed by atoms with Crippen LogP contribution in [0.4, 0.5) is 0 Å². The van der Waals surface area contributed by atoms with Crippen molar-refractivity contribution in [1.82, 2.24) is 0 Å². The van der Waals surface area contributed by atoms with Crippen LogP contribution in [0.3, 0.4) is 0 Å². The quantitative estimate of drug-likeness (QED) is 0.600. The molecule has 0 nitrogen and oxygen atoms in total. The second-order valence-electron chi connectivity index (χ2n) is 0. The maximum Gasteiger partial charge on any atom is 0 e. The first kappa shape index (κ1) is 73.3. The van der Waals surface area contributed by atoms with Crippen LogP contribution in [-0.2, 0) is 25.8 Å². The molecule has 0 saturated heterocycles. The summed E-state index contributed by atoms with van der Waals surface area (Å²) in [5.41, 5.74) is 0. The molecule has 0 aromatic carbocycles. The normalized spacial score (nSPS) is 0. The van der Waals surface area contributed by atoms with Gasteiger partial charge in [0.1, 0.15) is 0 Å². The van der Waals surface area contributed by atoms with Gasteiger partial charge >= 0.3 is 0 Å². The minimum Gasteiger partial charge on any atom is -0.147 e. The predicted octanol–water partition coefficient (Wildman–Crippen LogP) is 1.90. The molecule has 0 saturated carbocycles. The summed E-state index contributed by atoms with van der Waals surface area (Å²) < 4.78 is 0. The van der Waals surface area contributed by atoms with Crippen LogP contribution in [0.15, 0.2) is 0 Å². The Balaban J connectivity index is 0. The minimum atomic E-state index is 0. The molecule has 0 aliphatic heterocycles. The number of rotatable bonds is 0. The van der Waals surface area contributed by atoms with Crippen molar-refractivity contribution in [2.75, 3.05) is 0 Å². The van der Waals surface area contributed by atoms with E-state index in [1.54, 1.807) is 0 Å². The monoisotopic (exact) mass is 304 g/mol. The zero-order valence-electron chi connectivity index (χ0n) is 1.72. The van der Waals surface area contributed by atoms with Gasteiger partial charge in [-0.05, 0) is 0 Å². The largest absolute Gasteiger partial charge is 0.147 e. The first-order valence-electron chi connectivity index (χ1n) is 0. The van der Waals surface area contributed by atoms with Crippen LogP contribution in [0.5, 0.6) is 0 Å². The van der Waals surface area contributed by atoms with Crippen molar-refractivity contribution in [1.29, 1.82) is 0 Å². The molecule has 0 spiro atoms. The van der Waals surface area contributed by atoms with Gasteiger partial charge < -0.3 is 0 Å². The SMILES string of the molecule is C.Cl.Cl.Cl.[Hf]. The van der Waals surface area contributed by atoms with Gasteiger partial charge in [0.25, 0.3) is 0 Å². The third kappa shape index (κ3) is 26.5. The van der Waals surface area contributed by atoms with Gasteiger partial charge in [0.15, 0.2) is 0 Å². The van der Waals surface area contributed by atoms with E-state index >= 15 is 0 Å². The van der Waals surface area contributed by atoms with Gasteiger partial charge in [-0.3, -0.25) is 0 Å². The van der Waals surface area contributed by atoms with E-state index in [2.05, 4.69) is 0 Å². The van der Waals surface area contributed by atoms with Gasteiger partial charge in [-0.25, -0.2) is 0 Å². The molecular formula is CH7Cl3Hf. The van der Waals surface area contributed by atoms with E-state index in [1.807, 2.05) is 0 Å². The van der Waals surface area contributed by atoms with Crippen molar-refractivity contribution < 1.29 is 25.8 Å². The average Bonchev–Trinajstić information content (AvgIpc) is 0. The molecule has 5 heavy (non-hydrogen) atoms. The van der Waals surface area contributed by atoms with Crippen LogP contribution in [-0.4, -0.2) is 0 Å². The van der Waals surface area contributed by atoms with Crippen molar-refractivity contribution in [3.05, 3.63) is 0 Å². The Morgan fingerprint density at radius 3 is 0.600 bits per heavy atom. The van der Waals surface area contributed by atoms with E-state index in [4.69, 9.17) is 0 Å². The van der Waals surface area contributed by atoms with Crippen LogP contribution in [0.2, 0.25) is 0 Å². The maximum atomic E-state index is 0. The first-order chi connectivity index (χ1) is 0. The topological polar surface area (TPSA) is 0 Å². The van der Waals surface area contributed by atoms with E-state index in [0.29, 0.717) is 0 Å². The fraction of sp³-hybridized carbons (Fsp3) is 1.00. The third-order valence-corrected chi connectivity index (χ3v) is 0. The molecule has 0 heterocycles. The number of hydrogen-bond donors (Lipinski definition) is 0. The Labute approximate surface area is 70.1 Å². The maximum absolute atomic E-state index is 0. The first-order valence-corrected chi connectivity index (χ1v) is 0. The van der Waals surface area contributed by atoms with E-state index in [0.717, 1.165) is 0 Å². The molecule has 0 aromatic rings. The molecule has 4 heteroatoms. The summed E-state index contributed by atoms with van der Waals surface area (Å²) >= 11 is 0. The standard InChI is InChI=1S/CH4.3ClH.Hf/h1H4;3*1H;. The summed E-state index contributed by atoms with van der Waals surface area (Å²) in [5, 5.41) is 0. The van der Waals surface area contributed by atoms with Gasteiger partial charge in [0.2, 0.25) is 0 Å². The number of hydrogen-bond acceptors (Lipinski definition) is 0. The zero-order valence-corrected chi connectivity index (χ0v) is 7.77. The summed E-state index contributed by atoms with van der Waals surface area (Å²) in [4.78, 5) is 0. The zero-order chi connectivity index (χ0) is 0. The Morgan fingerprint density at radius 2 is 0.600 bits per heavy atom. The smallest absolute Gasteiger partial charge is 0 e. The Morgan fingerprint density at radius 1 is 0.600 bits per heavy atom. The van der Waals surface area contributed by atoms with Crippen LogP contribution >= 0.6 is 37.2 Å². The minimum absolute atomic E-state index is 0. The fourth-order valence-electron chi connectivity index (χ4n) is 0. The molecule has 0 aromatic heterocycles. The molecular weight excluding hydrogens is 297 g/mol. The molecule has 0 unspecified atom stereocenters. The van der Waals surface area contributed by atoms with Crippen molar-refractivity contribution >= 4 is 37.2 Å². The van der Waals surface area contributed by atoms with Crippen molar-refractivity contribution in [2.24, 2.45) is 0 Å². The summed E-state index contributed by atoms with van der Waals surface area (Å²) in [5.74, 6) is 0. The average molecular weight is 304 g/mol. The predicted molar refractivity (Wildman–Crippen MR) is 28.5 cm³/mol. The Hall–Kier alpha value is 1.74.